The second-order valence-corrected chi connectivity index (χ2v) is 5.93. The minimum Gasteiger partial charge on any atom is -0.314 e. The summed E-state index contributed by atoms with van der Waals surface area (Å²) in [4.78, 5) is 0. The van der Waals surface area contributed by atoms with E-state index in [0.29, 0.717) is 5.56 Å². The highest BCUT2D eigenvalue weighted by molar-refractivity contribution is 5.35. The van der Waals surface area contributed by atoms with Gasteiger partial charge in [-0.2, -0.15) is 0 Å². The summed E-state index contributed by atoms with van der Waals surface area (Å²) in [6, 6.07) is 5.42. The Balaban J connectivity index is 2.24. The fourth-order valence-corrected chi connectivity index (χ4v) is 2.74. The average molecular weight is 267 g/mol. The Labute approximate surface area is 114 Å². The number of nitrogens with one attached hydrogen (secondary N) is 1. The van der Waals surface area contributed by atoms with Crippen LogP contribution < -0.4 is 5.32 Å². The van der Waals surface area contributed by atoms with Gasteiger partial charge in [-0.15, -0.1) is 0 Å². The molecule has 1 nitrogen and oxygen atoms in total. The van der Waals surface area contributed by atoms with E-state index in [1.165, 1.54) is 0 Å². The molecule has 0 aromatic heterocycles. The molecule has 1 aliphatic rings. The molecule has 0 radical (unpaired) electrons. The van der Waals surface area contributed by atoms with Crippen molar-refractivity contribution in [2.45, 2.75) is 57.9 Å². The molecule has 0 amide bonds. The van der Waals surface area contributed by atoms with Crippen LogP contribution in [0.1, 0.15) is 55.7 Å². The molecule has 19 heavy (non-hydrogen) atoms. The monoisotopic (exact) mass is 267 g/mol. The third-order valence-electron chi connectivity index (χ3n) is 3.99. The Hall–Kier alpha value is -0.960. The zero-order chi connectivity index (χ0) is 14.0. The fourth-order valence-electron chi connectivity index (χ4n) is 2.74. The number of aryl methyl sites for hydroxylation is 1. The first-order chi connectivity index (χ1) is 8.90. The van der Waals surface area contributed by atoms with Gasteiger partial charge in [-0.25, -0.2) is 8.78 Å². The second-order valence-electron chi connectivity index (χ2n) is 5.93. The van der Waals surface area contributed by atoms with Crippen molar-refractivity contribution in [3.05, 3.63) is 34.9 Å². The summed E-state index contributed by atoms with van der Waals surface area (Å²) in [7, 11) is 0. The van der Waals surface area contributed by atoms with Crippen LogP contribution in [0.5, 0.6) is 0 Å². The second kappa shape index (κ2) is 5.58. The molecule has 106 valence electrons. The lowest BCUT2D eigenvalue weighted by Crippen LogP contribution is -2.29. The van der Waals surface area contributed by atoms with Crippen LogP contribution in [-0.2, 0) is 5.92 Å². The summed E-state index contributed by atoms with van der Waals surface area (Å²) in [5.41, 5.74) is 1.87. The highest BCUT2D eigenvalue weighted by Crippen LogP contribution is 2.37. The van der Waals surface area contributed by atoms with Crippen molar-refractivity contribution in [1.29, 1.82) is 0 Å². The molecule has 1 atom stereocenters. The molecule has 1 fully saturated rings. The fraction of sp³-hybridized carbons (Fsp3) is 0.625. The van der Waals surface area contributed by atoms with Crippen LogP contribution in [-0.4, -0.2) is 12.6 Å². The van der Waals surface area contributed by atoms with Gasteiger partial charge < -0.3 is 5.32 Å². The number of hydrogen-bond donors (Lipinski definition) is 1. The Morgan fingerprint density at radius 1 is 1.37 bits per heavy atom. The third kappa shape index (κ3) is 3.33. The normalized spacial score (nSPS) is 20.2. The Morgan fingerprint density at radius 3 is 2.68 bits per heavy atom. The van der Waals surface area contributed by atoms with E-state index in [0.717, 1.165) is 24.9 Å². The molecule has 1 aliphatic heterocycles. The SMILES string of the molecule is Cc1ccc(C(C)C)cc1C(F)(F)CC1CCCN1. The van der Waals surface area contributed by atoms with Crippen LogP contribution in [0.3, 0.4) is 0 Å². The molecule has 0 bridgehead atoms. The van der Waals surface area contributed by atoms with Gasteiger partial charge in [0.15, 0.2) is 0 Å². The molecule has 0 aliphatic carbocycles. The first-order valence-electron chi connectivity index (χ1n) is 7.12. The first kappa shape index (κ1) is 14.4. The predicted molar refractivity (Wildman–Crippen MR) is 74.8 cm³/mol. The molecular weight excluding hydrogens is 244 g/mol. The minimum atomic E-state index is -2.74. The van der Waals surface area contributed by atoms with E-state index in [-0.39, 0.29) is 23.9 Å². The van der Waals surface area contributed by atoms with Crippen LogP contribution in [0.25, 0.3) is 0 Å². The topological polar surface area (TPSA) is 12.0 Å². The van der Waals surface area contributed by atoms with Crippen LogP contribution in [0.2, 0.25) is 0 Å². The number of hydrogen-bond acceptors (Lipinski definition) is 1. The molecule has 2 rings (SSSR count). The van der Waals surface area contributed by atoms with Crippen LogP contribution in [0.4, 0.5) is 8.78 Å². The summed E-state index contributed by atoms with van der Waals surface area (Å²) in [6.45, 7) is 6.71. The van der Waals surface area contributed by atoms with Crippen molar-refractivity contribution in [3.63, 3.8) is 0 Å². The highest BCUT2D eigenvalue weighted by Gasteiger charge is 2.37. The summed E-state index contributed by atoms with van der Waals surface area (Å²) in [6.07, 6.45) is 1.78. The maximum atomic E-state index is 14.5. The maximum Gasteiger partial charge on any atom is 0.275 e. The highest BCUT2D eigenvalue weighted by atomic mass is 19.3. The molecule has 1 unspecified atom stereocenters. The van der Waals surface area contributed by atoms with Crippen molar-refractivity contribution in [2.24, 2.45) is 0 Å². The van der Waals surface area contributed by atoms with Crippen LogP contribution in [0, 0.1) is 6.92 Å². The van der Waals surface area contributed by atoms with Gasteiger partial charge >= 0.3 is 0 Å². The van der Waals surface area contributed by atoms with Gasteiger partial charge in [-0.1, -0.05) is 26.0 Å². The maximum absolute atomic E-state index is 14.5. The first-order valence-corrected chi connectivity index (χ1v) is 7.12. The van der Waals surface area contributed by atoms with E-state index in [1.807, 2.05) is 26.0 Å². The predicted octanol–water partition coefficient (Wildman–Crippen LogP) is 4.35. The van der Waals surface area contributed by atoms with E-state index in [4.69, 9.17) is 0 Å². The zero-order valence-corrected chi connectivity index (χ0v) is 12.0. The summed E-state index contributed by atoms with van der Waals surface area (Å²) < 4.78 is 28.9. The van der Waals surface area contributed by atoms with E-state index >= 15 is 0 Å². The third-order valence-corrected chi connectivity index (χ3v) is 3.99. The van der Waals surface area contributed by atoms with Gasteiger partial charge in [-0.3, -0.25) is 0 Å². The Morgan fingerprint density at radius 2 is 2.11 bits per heavy atom. The lowest BCUT2D eigenvalue weighted by molar-refractivity contribution is -0.0219. The molecule has 0 spiro atoms. The number of benzene rings is 1. The summed E-state index contributed by atoms with van der Waals surface area (Å²) in [5, 5.41) is 3.16. The molecule has 1 N–H and O–H groups in total. The Bertz CT molecular complexity index is 434. The minimum absolute atomic E-state index is 0.0443. The average Bonchev–Trinajstić information content (AvgIpc) is 2.81. The van der Waals surface area contributed by atoms with Gasteiger partial charge in [-0.05, 0) is 49.4 Å². The molecule has 0 saturated carbocycles. The van der Waals surface area contributed by atoms with Crippen molar-refractivity contribution in [1.82, 2.24) is 5.32 Å². The Kier molecular flexibility index (Phi) is 4.24. The van der Waals surface area contributed by atoms with Crippen molar-refractivity contribution < 1.29 is 8.78 Å². The van der Waals surface area contributed by atoms with Crippen molar-refractivity contribution >= 4 is 0 Å². The van der Waals surface area contributed by atoms with Gasteiger partial charge in [0.1, 0.15) is 0 Å². The summed E-state index contributed by atoms with van der Waals surface area (Å²) >= 11 is 0. The number of halogens is 2. The van der Waals surface area contributed by atoms with E-state index in [2.05, 4.69) is 5.32 Å². The molecule has 1 aromatic rings. The lowest BCUT2D eigenvalue weighted by atomic mass is 9.92. The molecule has 1 aromatic carbocycles. The van der Waals surface area contributed by atoms with Crippen molar-refractivity contribution in [2.75, 3.05) is 6.54 Å². The van der Waals surface area contributed by atoms with Gasteiger partial charge in [0.2, 0.25) is 0 Å². The van der Waals surface area contributed by atoms with Gasteiger partial charge in [0.05, 0.1) is 0 Å². The van der Waals surface area contributed by atoms with Crippen LogP contribution >= 0.6 is 0 Å². The largest absolute Gasteiger partial charge is 0.314 e. The number of alkyl halides is 2. The van der Waals surface area contributed by atoms with Gasteiger partial charge in [0.25, 0.3) is 5.92 Å². The van der Waals surface area contributed by atoms with Gasteiger partial charge in [0, 0.05) is 18.0 Å². The van der Waals surface area contributed by atoms with E-state index in [9.17, 15) is 8.78 Å². The van der Waals surface area contributed by atoms with E-state index < -0.39 is 5.92 Å². The lowest BCUT2D eigenvalue weighted by Gasteiger charge is -2.23. The van der Waals surface area contributed by atoms with Crippen LogP contribution in [0.15, 0.2) is 18.2 Å². The summed E-state index contributed by atoms with van der Waals surface area (Å²) in [5.74, 6) is -2.46. The molecule has 3 heteroatoms. The smallest absolute Gasteiger partial charge is 0.275 e. The molecule has 1 saturated heterocycles. The number of rotatable bonds is 4. The zero-order valence-electron chi connectivity index (χ0n) is 12.0. The van der Waals surface area contributed by atoms with E-state index in [1.54, 1.807) is 13.0 Å². The molecule has 1 heterocycles. The standard InChI is InChI=1S/C16H23F2N/c1-11(2)13-7-6-12(3)15(9-13)16(17,18)10-14-5-4-8-19-14/h6-7,9,11,14,19H,4-5,8,10H2,1-3H3. The molecular formula is C16H23F2N. The van der Waals surface area contributed by atoms with Crippen molar-refractivity contribution in [3.8, 4) is 0 Å². The quantitative estimate of drug-likeness (QED) is 0.855.